The van der Waals surface area contributed by atoms with E-state index in [1.54, 1.807) is 0 Å². The van der Waals surface area contributed by atoms with Gasteiger partial charge in [-0.15, -0.1) is 0 Å². The largest absolute Gasteiger partial charge is 0.492 e. The van der Waals surface area contributed by atoms with Crippen molar-refractivity contribution in [3.63, 3.8) is 0 Å². The van der Waals surface area contributed by atoms with Gasteiger partial charge in [0.1, 0.15) is 0 Å². The summed E-state index contributed by atoms with van der Waals surface area (Å²) < 4.78 is 50.2. The number of aliphatic hydroxyl groups is 9. The van der Waals surface area contributed by atoms with Crippen LogP contribution in [0.1, 0.15) is 157 Å². The van der Waals surface area contributed by atoms with Crippen LogP contribution in [-0.2, 0) is 42.6 Å². The molecule has 0 aliphatic carbocycles. The monoisotopic (exact) mass is 2290 g/mol. The summed E-state index contributed by atoms with van der Waals surface area (Å²) in [7, 11) is -24.8. The number of nitrogens with two attached hydrogens (primary N) is 3. The Morgan fingerprint density at radius 2 is 0.373 bits per heavy atom. The summed E-state index contributed by atoms with van der Waals surface area (Å²) in [6, 6.07) is -0.935. The third kappa shape index (κ3) is 113. The van der Waals surface area contributed by atoms with E-state index >= 15 is 0 Å². The van der Waals surface area contributed by atoms with Gasteiger partial charge in [-0.1, -0.05) is 99.3 Å². The van der Waals surface area contributed by atoms with E-state index in [-0.39, 0.29) is 207 Å². The van der Waals surface area contributed by atoms with Crippen molar-refractivity contribution in [2.24, 2.45) is 35.0 Å². The summed E-state index contributed by atoms with van der Waals surface area (Å²) >= 11 is 0. The second-order valence-electron chi connectivity index (χ2n) is 39.5. The Morgan fingerprint density at radius 3 is 0.580 bits per heavy atom. The highest BCUT2D eigenvalue weighted by atomic mass is 28.4. The van der Waals surface area contributed by atoms with E-state index in [2.05, 4.69) is 88.1 Å². The molecule has 0 aromatic heterocycles. The SMILES string of the molecule is CCCCC(CC)COCC(O)CN(CCN)CCNCCNCCN(CC(O)COCCC[Si](O)(O)O)CC(O)COCCC[Si](O)(O)O.CCCCC(CC)COCC(O)CN(CCNCCN)CCNCCN(CC(O)COCCC[Si](O)(O)O)CC(O)COCCC[Si](O)(O)O.CCCCC(CC)COCC(O)CN(CCNCCNCCN)CCN(CC(O)COCCC[Si](O)(O)O)CC(O)COCCC[Si](O)(O)O. The lowest BCUT2D eigenvalue weighted by molar-refractivity contribution is -0.0164. The van der Waals surface area contributed by atoms with Crippen molar-refractivity contribution in [1.82, 2.24) is 61.3 Å². The molecule has 0 aromatic carbocycles. The summed E-state index contributed by atoms with van der Waals surface area (Å²) in [6.45, 7) is 34.4. The molecular formula is C93H219N15O36Si6. The van der Waals surface area contributed by atoms with Crippen molar-refractivity contribution < 1.29 is 175 Å². The van der Waals surface area contributed by atoms with Crippen LogP contribution in [0.5, 0.6) is 0 Å². The van der Waals surface area contributed by atoms with Gasteiger partial charge in [0.05, 0.1) is 114 Å². The van der Waals surface area contributed by atoms with Crippen molar-refractivity contribution in [3.8, 4) is 0 Å². The summed E-state index contributed by atoms with van der Waals surface area (Å²) in [5.41, 5.74) is 16.9. The molecule has 57 heteroatoms. The predicted molar refractivity (Wildman–Crippen MR) is 585 cm³/mol. The molecular weight excluding hydrogens is 2070 g/mol. The highest BCUT2D eigenvalue weighted by molar-refractivity contribution is 6.57. The van der Waals surface area contributed by atoms with Gasteiger partial charge in [0.25, 0.3) is 0 Å². The number of unbranched alkanes of at least 4 members (excludes halogenated alkanes) is 3. The fourth-order valence-electron chi connectivity index (χ4n) is 15.6. The maximum absolute atomic E-state index is 10.9. The van der Waals surface area contributed by atoms with Gasteiger partial charge in [0.15, 0.2) is 0 Å². The number of aliphatic hydroxyl groups excluding tert-OH is 9. The molecule has 39 N–H and O–H groups in total. The minimum Gasteiger partial charge on any atom is -0.390 e. The lowest BCUT2D eigenvalue weighted by atomic mass is 10.0. The van der Waals surface area contributed by atoms with Crippen LogP contribution in [0.25, 0.3) is 0 Å². The maximum Gasteiger partial charge on any atom is 0.492 e. The van der Waals surface area contributed by atoms with Gasteiger partial charge in [-0.2, -0.15) is 0 Å². The van der Waals surface area contributed by atoms with Crippen LogP contribution in [-0.4, -0.2) is 604 Å². The molecule has 0 saturated carbocycles. The number of nitrogens with zero attached hydrogens (tertiary/aromatic N) is 6. The summed E-state index contributed by atoms with van der Waals surface area (Å²) in [4.78, 5) is 176. The summed E-state index contributed by atoms with van der Waals surface area (Å²) in [5, 5.41) is 116. The second kappa shape index (κ2) is 100. The molecule has 0 aliphatic rings. The Bertz CT molecular complexity index is 2760. The van der Waals surface area contributed by atoms with Crippen molar-refractivity contribution in [2.75, 3.05) is 335 Å². The van der Waals surface area contributed by atoms with E-state index in [9.17, 15) is 46.0 Å². The average molecular weight is 2290 g/mol. The molecule has 0 saturated heterocycles. The van der Waals surface area contributed by atoms with Crippen LogP contribution < -0.4 is 49.1 Å². The lowest BCUT2D eigenvalue weighted by Crippen LogP contribution is -2.47. The van der Waals surface area contributed by atoms with Gasteiger partial charge in [-0.3, -0.25) is 29.4 Å². The molecule has 0 heterocycles. The number of hydrogen-bond donors (Lipinski definition) is 36. The first-order valence-electron chi connectivity index (χ1n) is 55.1. The molecule has 906 valence electrons. The Balaban J connectivity index is -0.00000216. The van der Waals surface area contributed by atoms with Gasteiger partial charge in [0, 0.05) is 312 Å². The number of nitrogens with one attached hydrogen (secondary N) is 6. The Morgan fingerprint density at radius 1 is 0.200 bits per heavy atom. The third-order valence-corrected chi connectivity index (χ3v) is 30.1. The molecule has 12 unspecified atom stereocenters. The molecule has 0 fully saturated rings. The molecule has 0 spiro atoms. The number of hydrogen-bond acceptors (Lipinski definition) is 51. The van der Waals surface area contributed by atoms with Crippen LogP contribution >= 0.6 is 0 Å². The fourth-order valence-corrected chi connectivity index (χ4v) is 19.3. The van der Waals surface area contributed by atoms with Gasteiger partial charge in [-0.25, -0.2) is 0 Å². The van der Waals surface area contributed by atoms with Crippen molar-refractivity contribution in [1.29, 1.82) is 0 Å². The quantitative estimate of drug-likeness (QED) is 0.0199. The summed E-state index contributed by atoms with van der Waals surface area (Å²) in [5.74, 6) is 1.52. The zero-order chi connectivity index (χ0) is 113. The zero-order valence-corrected chi connectivity index (χ0v) is 98.1. The van der Waals surface area contributed by atoms with Gasteiger partial charge in [0.2, 0.25) is 0 Å². The number of rotatable bonds is 111. The molecule has 51 nitrogen and oxygen atoms in total. The normalized spacial score (nSPS) is 15.2. The highest BCUT2D eigenvalue weighted by Crippen LogP contribution is 2.18. The van der Waals surface area contributed by atoms with Crippen molar-refractivity contribution in [2.45, 2.75) is 248 Å². The predicted octanol–water partition coefficient (Wildman–Crippen LogP) is -9.93. The zero-order valence-electron chi connectivity index (χ0n) is 92.1. The maximum atomic E-state index is 10.9. The first-order valence-corrected chi connectivity index (χ1v) is 67.4. The minimum absolute atomic E-state index is 0.00397. The Hall–Kier alpha value is -0.739. The molecule has 0 rings (SSSR count). The van der Waals surface area contributed by atoms with E-state index in [1.165, 1.54) is 19.3 Å². The first kappa shape index (κ1) is 153. The third-order valence-electron chi connectivity index (χ3n) is 23.9. The van der Waals surface area contributed by atoms with Crippen LogP contribution in [0.3, 0.4) is 0 Å². The van der Waals surface area contributed by atoms with Gasteiger partial charge < -0.3 is 224 Å². The molecule has 12 atom stereocenters. The van der Waals surface area contributed by atoms with Crippen LogP contribution in [0.4, 0.5) is 0 Å². The standard InChI is InChI=1S/3C31H73N5O12Si2/c1-3-5-8-28(4-2)24-48-27-29(37)21-35(14-9-32)15-12-33-10-11-34-13-16-36(22-30(38)25-46-17-6-19-49(40,41)42)23-31(39)26-47-18-7-20-50(43,44)45;1-3-5-8-28(4-2)24-48-27-29(37)21-35(14-11-33-10-9-32)15-12-34-13-16-36(22-30(38)25-46-17-6-19-49(40,41)42)23-31(39)26-47-18-7-20-50(43,44)45;1-3-5-8-28(4-2)24-48-27-29(37)21-35(14-13-34-12-11-33-10-9-32)15-16-36(22-30(38)25-46-17-6-19-49(40,41)42)23-31(39)26-47-18-7-20-50(43,44)45/h3*28-31,33-34,37-45H,3-27,32H2,1-2H3. The summed E-state index contributed by atoms with van der Waals surface area (Å²) in [6.07, 6.45) is 7.74. The van der Waals surface area contributed by atoms with Gasteiger partial charge >= 0.3 is 52.8 Å². The minimum atomic E-state index is -4.15. The molecule has 0 radical (unpaired) electrons. The molecule has 150 heavy (non-hydrogen) atoms. The highest BCUT2D eigenvalue weighted by Gasteiger charge is 2.32. The smallest absolute Gasteiger partial charge is 0.390 e. The van der Waals surface area contributed by atoms with Gasteiger partial charge in [-0.05, 0) is 75.5 Å². The second-order valence-corrected chi connectivity index (χ2v) is 51.8. The molecule has 0 amide bonds. The molecule has 0 bridgehead atoms. The van der Waals surface area contributed by atoms with E-state index in [4.69, 9.17) is 146 Å². The average Bonchev–Trinajstić information content (AvgIpc) is 0.932. The van der Waals surface area contributed by atoms with Crippen LogP contribution in [0.15, 0.2) is 0 Å². The Kier molecular flexibility index (Phi) is 102. The van der Waals surface area contributed by atoms with Crippen LogP contribution in [0.2, 0.25) is 36.3 Å². The van der Waals surface area contributed by atoms with E-state index < -0.39 is 108 Å². The Labute approximate surface area is 902 Å². The lowest BCUT2D eigenvalue weighted by Gasteiger charge is -2.31. The first-order chi connectivity index (χ1) is 71.1. The molecule has 0 aliphatic heterocycles. The van der Waals surface area contributed by atoms with Crippen LogP contribution in [0, 0.1) is 17.8 Å². The van der Waals surface area contributed by atoms with Crippen molar-refractivity contribution >= 4 is 52.8 Å². The molecule has 0 aromatic rings. The van der Waals surface area contributed by atoms with E-state index in [0.717, 1.165) is 104 Å². The number of ether oxygens (including phenoxy) is 9. The van der Waals surface area contributed by atoms with E-state index in [0.29, 0.717) is 175 Å². The topological polar surface area (TPSA) is 799 Å². The fraction of sp³-hybridized carbons (Fsp3) is 1.00. The van der Waals surface area contributed by atoms with Crippen molar-refractivity contribution in [3.05, 3.63) is 0 Å². The van der Waals surface area contributed by atoms with E-state index in [1.807, 2.05) is 14.7 Å².